The number of aromatic nitrogens is 2. The molecule has 0 aliphatic rings. The average molecular weight is 279 g/mol. The van der Waals surface area contributed by atoms with Crippen LogP contribution in [0.1, 0.15) is 17.2 Å². The predicted octanol–water partition coefficient (Wildman–Crippen LogP) is 2.95. The van der Waals surface area contributed by atoms with Crippen molar-refractivity contribution in [2.45, 2.75) is 6.04 Å². The van der Waals surface area contributed by atoms with Gasteiger partial charge in [0.15, 0.2) is 0 Å². The Kier molecular flexibility index (Phi) is 3.79. The van der Waals surface area contributed by atoms with E-state index in [0.29, 0.717) is 0 Å². The number of nitrogens with zero attached hydrogens (tertiary/aromatic N) is 2. The normalized spacial score (nSPS) is 12.3. The molecule has 4 heteroatoms. The lowest BCUT2D eigenvalue weighted by Gasteiger charge is -2.19. The monoisotopic (exact) mass is 279 g/mol. The van der Waals surface area contributed by atoms with E-state index in [0.717, 1.165) is 22.2 Å². The van der Waals surface area contributed by atoms with Gasteiger partial charge >= 0.3 is 0 Å². The molecule has 1 unspecified atom stereocenters. The maximum Gasteiger partial charge on any atom is 0.142 e. The molecule has 21 heavy (non-hydrogen) atoms. The summed E-state index contributed by atoms with van der Waals surface area (Å²) in [6, 6.07) is 12.3. The molecule has 106 valence electrons. The van der Waals surface area contributed by atoms with Gasteiger partial charge in [-0.25, -0.2) is 0 Å². The lowest BCUT2D eigenvalue weighted by molar-refractivity contribution is 0.403. The second-order valence-electron chi connectivity index (χ2n) is 4.79. The number of hydrogen-bond donors (Lipinski definition) is 1. The lowest BCUT2D eigenvalue weighted by Crippen LogP contribution is -2.18. The van der Waals surface area contributed by atoms with Crippen LogP contribution in [0.25, 0.3) is 10.9 Å². The Bertz CT molecular complexity index is 758. The van der Waals surface area contributed by atoms with Crippen LogP contribution >= 0.6 is 0 Å². The molecule has 0 bridgehead atoms. The molecular weight excluding hydrogens is 262 g/mol. The second-order valence-corrected chi connectivity index (χ2v) is 4.79. The van der Waals surface area contributed by atoms with Gasteiger partial charge in [-0.15, -0.1) is 0 Å². The molecule has 1 aromatic carbocycles. The van der Waals surface area contributed by atoms with Crippen molar-refractivity contribution < 1.29 is 4.74 Å². The highest BCUT2D eigenvalue weighted by Gasteiger charge is 2.16. The van der Waals surface area contributed by atoms with Crippen LogP contribution < -0.4 is 10.1 Å². The summed E-state index contributed by atoms with van der Waals surface area (Å²) in [6.45, 7) is 0. The molecule has 3 rings (SSSR count). The van der Waals surface area contributed by atoms with Crippen LogP contribution in [0.3, 0.4) is 0 Å². The minimum Gasteiger partial charge on any atom is -0.495 e. The van der Waals surface area contributed by atoms with Crippen molar-refractivity contribution in [2.24, 2.45) is 0 Å². The molecule has 0 radical (unpaired) electrons. The first kappa shape index (κ1) is 13.5. The zero-order valence-corrected chi connectivity index (χ0v) is 12.1. The Morgan fingerprint density at radius 2 is 2.05 bits per heavy atom. The second kappa shape index (κ2) is 5.89. The fraction of sp³-hybridized carbons (Fsp3) is 0.176. The van der Waals surface area contributed by atoms with Crippen LogP contribution in [0.4, 0.5) is 0 Å². The highest BCUT2D eigenvalue weighted by molar-refractivity contribution is 5.79. The minimum atomic E-state index is 0.0487. The van der Waals surface area contributed by atoms with E-state index in [-0.39, 0.29) is 6.04 Å². The lowest BCUT2D eigenvalue weighted by atomic mass is 9.97. The molecule has 0 spiro atoms. The summed E-state index contributed by atoms with van der Waals surface area (Å²) in [5.41, 5.74) is 3.23. The van der Waals surface area contributed by atoms with E-state index in [2.05, 4.69) is 33.5 Å². The molecule has 1 N–H and O–H groups in total. The quantitative estimate of drug-likeness (QED) is 0.797. The van der Waals surface area contributed by atoms with Crippen molar-refractivity contribution in [1.82, 2.24) is 15.3 Å². The fourth-order valence-electron chi connectivity index (χ4n) is 2.58. The Labute approximate surface area is 123 Å². The highest BCUT2D eigenvalue weighted by Crippen LogP contribution is 2.30. The van der Waals surface area contributed by atoms with Gasteiger partial charge in [0.25, 0.3) is 0 Å². The first-order valence-corrected chi connectivity index (χ1v) is 6.83. The Hall–Kier alpha value is -2.46. The minimum absolute atomic E-state index is 0.0487. The van der Waals surface area contributed by atoms with Gasteiger partial charge in [-0.1, -0.05) is 12.1 Å². The molecule has 0 saturated heterocycles. The van der Waals surface area contributed by atoms with Gasteiger partial charge in [0.05, 0.1) is 24.9 Å². The number of benzene rings is 1. The van der Waals surface area contributed by atoms with Gasteiger partial charge in [0, 0.05) is 23.3 Å². The van der Waals surface area contributed by atoms with Crippen molar-refractivity contribution in [1.29, 1.82) is 0 Å². The van der Waals surface area contributed by atoms with Gasteiger partial charge in [-0.05, 0) is 36.9 Å². The van der Waals surface area contributed by atoms with E-state index < -0.39 is 0 Å². The number of fused-ring (bicyclic) bond motifs is 1. The van der Waals surface area contributed by atoms with E-state index in [4.69, 9.17) is 4.74 Å². The number of hydrogen-bond acceptors (Lipinski definition) is 4. The molecule has 0 aliphatic carbocycles. The van der Waals surface area contributed by atoms with Gasteiger partial charge < -0.3 is 10.1 Å². The molecule has 1 atom stereocenters. The standard InChI is InChI=1S/C17H17N3O/c1-18-17(14-7-9-19-11-16(14)21-2)13-5-6-15-12(10-13)4-3-8-20-15/h3-11,17-18H,1-2H3. The van der Waals surface area contributed by atoms with Gasteiger partial charge in [0.2, 0.25) is 0 Å². The van der Waals surface area contributed by atoms with Crippen LogP contribution in [0, 0.1) is 0 Å². The molecule has 3 aromatic rings. The number of nitrogens with one attached hydrogen (secondary N) is 1. The third-order valence-electron chi connectivity index (χ3n) is 3.60. The van der Waals surface area contributed by atoms with E-state index in [1.165, 1.54) is 5.56 Å². The Balaban J connectivity index is 2.09. The maximum absolute atomic E-state index is 5.42. The van der Waals surface area contributed by atoms with E-state index >= 15 is 0 Å². The van der Waals surface area contributed by atoms with Gasteiger partial charge in [0.1, 0.15) is 5.75 Å². The van der Waals surface area contributed by atoms with Crippen molar-refractivity contribution in [3.8, 4) is 5.75 Å². The molecule has 0 saturated carbocycles. The van der Waals surface area contributed by atoms with Crippen LogP contribution in [0.15, 0.2) is 55.0 Å². The Morgan fingerprint density at radius 3 is 2.86 bits per heavy atom. The summed E-state index contributed by atoms with van der Waals surface area (Å²) in [4.78, 5) is 8.47. The summed E-state index contributed by atoms with van der Waals surface area (Å²) in [5, 5.41) is 4.47. The summed E-state index contributed by atoms with van der Waals surface area (Å²) in [7, 11) is 3.61. The summed E-state index contributed by atoms with van der Waals surface area (Å²) in [5.74, 6) is 0.781. The smallest absolute Gasteiger partial charge is 0.142 e. The van der Waals surface area contributed by atoms with E-state index in [1.54, 1.807) is 19.5 Å². The molecular formula is C17H17N3O. The van der Waals surface area contributed by atoms with Crippen LogP contribution in [-0.2, 0) is 0 Å². The molecule has 0 fully saturated rings. The summed E-state index contributed by atoms with van der Waals surface area (Å²) < 4.78 is 5.42. The number of pyridine rings is 2. The third kappa shape index (κ3) is 2.58. The topological polar surface area (TPSA) is 47.0 Å². The first-order valence-electron chi connectivity index (χ1n) is 6.83. The molecule has 0 aliphatic heterocycles. The number of rotatable bonds is 4. The van der Waals surface area contributed by atoms with E-state index in [1.807, 2.05) is 31.4 Å². The number of methoxy groups -OCH3 is 1. The predicted molar refractivity (Wildman–Crippen MR) is 83.4 cm³/mol. The zero-order chi connectivity index (χ0) is 14.7. The Morgan fingerprint density at radius 1 is 1.14 bits per heavy atom. The fourth-order valence-corrected chi connectivity index (χ4v) is 2.58. The van der Waals surface area contributed by atoms with Crippen LogP contribution in [0.2, 0.25) is 0 Å². The summed E-state index contributed by atoms with van der Waals surface area (Å²) >= 11 is 0. The van der Waals surface area contributed by atoms with Crippen molar-refractivity contribution in [3.05, 3.63) is 66.1 Å². The highest BCUT2D eigenvalue weighted by atomic mass is 16.5. The van der Waals surface area contributed by atoms with Crippen molar-refractivity contribution in [3.63, 3.8) is 0 Å². The first-order chi connectivity index (χ1) is 10.3. The number of ether oxygens (including phenoxy) is 1. The SMILES string of the molecule is CNC(c1ccc2ncccc2c1)c1ccncc1OC. The third-order valence-corrected chi connectivity index (χ3v) is 3.60. The zero-order valence-electron chi connectivity index (χ0n) is 12.1. The van der Waals surface area contributed by atoms with Gasteiger partial charge in [-0.3, -0.25) is 9.97 Å². The molecule has 2 heterocycles. The molecule has 0 amide bonds. The maximum atomic E-state index is 5.42. The van der Waals surface area contributed by atoms with Crippen LogP contribution in [0.5, 0.6) is 5.75 Å². The van der Waals surface area contributed by atoms with Crippen molar-refractivity contribution >= 4 is 10.9 Å². The van der Waals surface area contributed by atoms with Crippen molar-refractivity contribution in [2.75, 3.05) is 14.2 Å². The van der Waals surface area contributed by atoms with E-state index in [9.17, 15) is 0 Å². The van der Waals surface area contributed by atoms with Crippen LogP contribution in [-0.4, -0.2) is 24.1 Å². The molecule has 2 aromatic heterocycles. The summed E-state index contributed by atoms with van der Waals surface area (Å²) in [6.07, 6.45) is 5.33. The molecule has 4 nitrogen and oxygen atoms in total. The largest absolute Gasteiger partial charge is 0.495 e. The van der Waals surface area contributed by atoms with Gasteiger partial charge in [-0.2, -0.15) is 0 Å². The average Bonchev–Trinajstić information content (AvgIpc) is 2.56.